The lowest BCUT2D eigenvalue weighted by molar-refractivity contribution is -0.384. The molecule has 1 N–H and O–H groups in total. The summed E-state index contributed by atoms with van der Waals surface area (Å²) in [4.78, 5) is 29.1. The number of thiophene rings is 1. The molecule has 2 heterocycles. The van der Waals surface area contributed by atoms with E-state index >= 15 is 0 Å². The minimum Gasteiger partial charge on any atom is -0.366 e. The van der Waals surface area contributed by atoms with E-state index in [1.54, 1.807) is 23.5 Å². The topological polar surface area (TPSA) is 78.7 Å². The maximum atomic E-state index is 12.6. The molecule has 150 valence electrons. The van der Waals surface area contributed by atoms with Crippen LogP contribution in [0.5, 0.6) is 0 Å². The van der Waals surface area contributed by atoms with Crippen molar-refractivity contribution in [3.05, 3.63) is 56.3 Å². The van der Waals surface area contributed by atoms with Crippen LogP contribution in [0.25, 0.3) is 0 Å². The molecule has 1 aromatic heterocycles. The van der Waals surface area contributed by atoms with E-state index in [0.717, 1.165) is 37.2 Å². The van der Waals surface area contributed by atoms with Gasteiger partial charge in [0, 0.05) is 36.1 Å². The average molecular weight is 403 g/mol. The summed E-state index contributed by atoms with van der Waals surface area (Å²) in [5.41, 5.74) is 0.916. The minimum atomic E-state index is -0.394. The fourth-order valence-corrected chi connectivity index (χ4v) is 4.45. The predicted molar refractivity (Wildman–Crippen MR) is 112 cm³/mol. The molecule has 1 amide bonds. The molecule has 8 heteroatoms. The molecule has 0 unspecified atom stereocenters. The van der Waals surface area contributed by atoms with Crippen molar-refractivity contribution in [2.75, 3.05) is 38.6 Å². The number of nitro groups is 1. The molecule has 1 aromatic carbocycles. The van der Waals surface area contributed by atoms with Crippen molar-refractivity contribution in [3.8, 4) is 0 Å². The number of benzene rings is 1. The maximum Gasteiger partial charge on any atom is 0.293 e. The van der Waals surface area contributed by atoms with Gasteiger partial charge < -0.3 is 15.1 Å². The molecule has 1 aliphatic rings. The third kappa shape index (κ3) is 4.69. The van der Waals surface area contributed by atoms with Gasteiger partial charge in [0.1, 0.15) is 5.69 Å². The quantitative estimate of drug-likeness (QED) is 0.565. The number of carbonyl (C=O) groups excluding carboxylic acids is 1. The Labute approximate surface area is 169 Å². The number of nitro benzene ring substituents is 1. The van der Waals surface area contributed by atoms with E-state index in [1.165, 1.54) is 6.07 Å². The summed E-state index contributed by atoms with van der Waals surface area (Å²) in [6.07, 6.45) is 3.23. The monoisotopic (exact) mass is 402 g/mol. The molecule has 2 aromatic rings. The van der Waals surface area contributed by atoms with Gasteiger partial charge in [-0.1, -0.05) is 6.07 Å². The Morgan fingerprint density at radius 2 is 2.04 bits per heavy atom. The summed E-state index contributed by atoms with van der Waals surface area (Å²) in [5.74, 6) is -0.295. The zero-order valence-electron chi connectivity index (χ0n) is 16.3. The zero-order chi connectivity index (χ0) is 20.1. The van der Waals surface area contributed by atoms with E-state index in [4.69, 9.17) is 0 Å². The van der Waals surface area contributed by atoms with Crippen LogP contribution in [0.15, 0.2) is 35.7 Å². The first-order chi connectivity index (χ1) is 13.5. The number of amides is 1. The molecule has 0 aliphatic carbocycles. The fraction of sp³-hybridized carbons (Fsp3) is 0.450. The highest BCUT2D eigenvalue weighted by molar-refractivity contribution is 7.10. The molecular weight excluding hydrogens is 376 g/mol. The van der Waals surface area contributed by atoms with E-state index in [9.17, 15) is 14.9 Å². The fourth-order valence-electron chi connectivity index (χ4n) is 3.52. The van der Waals surface area contributed by atoms with Gasteiger partial charge in [-0.3, -0.25) is 14.9 Å². The van der Waals surface area contributed by atoms with Gasteiger partial charge in [0.05, 0.1) is 11.0 Å². The number of hydrogen-bond acceptors (Lipinski definition) is 6. The molecule has 1 fully saturated rings. The van der Waals surface area contributed by atoms with Crippen molar-refractivity contribution in [1.29, 1.82) is 0 Å². The third-order valence-electron chi connectivity index (χ3n) is 5.08. The molecule has 0 radical (unpaired) electrons. The van der Waals surface area contributed by atoms with Gasteiger partial charge >= 0.3 is 0 Å². The Morgan fingerprint density at radius 3 is 2.64 bits per heavy atom. The van der Waals surface area contributed by atoms with Crippen molar-refractivity contribution >= 4 is 28.6 Å². The highest BCUT2D eigenvalue weighted by atomic mass is 32.1. The van der Waals surface area contributed by atoms with E-state index in [0.29, 0.717) is 17.8 Å². The number of carbonyl (C=O) groups is 1. The molecule has 1 aliphatic heterocycles. The first-order valence-corrected chi connectivity index (χ1v) is 10.4. The van der Waals surface area contributed by atoms with E-state index in [-0.39, 0.29) is 17.6 Å². The van der Waals surface area contributed by atoms with Crippen molar-refractivity contribution in [1.82, 2.24) is 10.2 Å². The summed E-state index contributed by atoms with van der Waals surface area (Å²) in [6, 6.07) is 8.88. The third-order valence-corrected chi connectivity index (χ3v) is 6.06. The van der Waals surface area contributed by atoms with Crippen LogP contribution >= 0.6 is 11.3 Å². The maximum absolute atomic E-state index is 12.6. The smallest absolute Gasteiger partial charge is 0.293 e. The highest BCUT2D eigenvalue weighted by Gasteiger charge is 2.24. The molecular formula is C20H26N4O3S. The van der Waals surface area contributed by atoms with Crippen molar-refractivity contribution in [2.45, 2.75) is 25.3 Å². The molecule has 7 nitrogen and oxygen atoms in total. The van der Waals surface area contributed by atoms with Crippen LogP contribution in [0.2, 0.25) is 0 Å². The zero-order valence-corrected chi connectivity index (χ0v) is 17.1. The standard InChI is InChI=1S/C20H26N4O3S/c1-22(2)18(19-7-6-12-28-19)14-21-20(25)15-8-9-16(17(13-15)24(26)27)23-10-4-3-5-11-23/h6-9,12-13,18H,3-5,10-11,14H2,1-2H3,(H,21,25)/t18-/m1/s1. The first kappa shape index (κ1) is 20.3. The Bertz CT molecular complexity index is 817. The Morgan fingerprint density at radius 1 is 1.29 bits per heavy atom. The molecule has 28 heavy (non-hydrogen) atoms. The molecule has 0 bridgehead atoms. The Hall–Kier alpha value is -2.45. The first-order valence-electron chi connectivity index (χ1n) is 9.49. The second-order valence-electron chi connectivity index (χ2n) is 7.21. The van der Waals surface area contributed by atoms with Crippen molar-refractivity contribution in [3.63, 3.8) is 0 Å². The summed E-state index contributed by atoms with van der Waals surface area (Å²) in [5, 5.41) is 16.5. The van der Waals surface area contributed by atoms with E-state index < -0.39 is 4.92 Å². The van der Waals surface area contributed by atoms with Gasteiger partial charge in [-0.25, -0.2) is 0 Å². The summed E-state index contributed by atoms with van der Waals surface area (Å²) in [7, 11) is 3.93. The number of nitrogens with zero attached hydrogens (tertiary/aromatic N) is 3. The number of piperidine rings is 1. The van der Waals surface area contributed by atoms with Crippen molar-refractivity contribution in [2.24, 2.45) is 0 Å². The van der Waals surface area contributed by atoms with Crippen LogP contribution in [-0.4, -0.2) is 49.5 Å². The van der Waals surface area contributed by atoms with Gasteiger partial charge in [0.2, 0.25) is 0 Å². The molecule has 1 atom stereocenters. The normalized spacial score (nSPS) is 15.5. The Balaban J connectivity index is 1.74. The molecule has 0 spiro atoms. The SMILES string of the molecule is CN(C)[C@H](CNC(=O)c1ccc(N2CCCCC2)c([N+](=O)[O-])c1)c1cccs1. The van der Waals surface area contributed by atoms with Crippen LogP contribution in [0.1, 0.15) is 40.5 Å². The second-order valence-corrected chi connectivity index (χ2v) is 8.19. The van der Waals surface area contributed by atoms with Crippen LogP contribution in [-0.2, 0) is 0 Å². The summed E-state index contributed by atoms with van der Waals surface area (Å²) < 4.78 is 0. The average Bonchev–Trinajstić information content (AvgIpc) is 3.22. The van der Waals surface area contributed by atoms with E-state index in [1.807, 2.05) is 41.4 Å². The van der Waals surface area contributed by atoms with Gasteiger partial charge in [-0.15, -0.1) is 11.3 Å². The number of likely N-dealkylation sites (N-methyl/N-ethyl adjacent to an activating group) is 1. The second kappa shape index (κ2) is 9.16. The highest BCUT2D eigenvalue weighted by Crippen LogP contribution is 2.31. The number of rotatable bonds is 7. The van der Waals surface area contributed by atoms with Gasteiger partial charge in [-0.2, -0.15) is 0 Å². The molecule has 3 rings (SSSR count). The minimum absolute atomic E-state index is 0.00281. The lowest BCUT2D eigenvalue weighted by Gasteiger charge is -2.28. The molecule has 0 saturated carbocycles. The lowest BCUT2D eigenvalue weighted by atomic mass is 10.1. The van der Waals surface area contributed by atoms with Crippen LogP contribution < -0.4 is 10.2 Å². The van der Waals surface area contributed by atoms with Crippen LogP contribution in [0, 0.1) is 10.1 Å². The molecule has 1 saturated heterocycles. The lowest BCUT2D eigenvalue weighted by Crippen LogP contribution is -2.34. The summed E-state index contributed by atoms with van der Waals surface area (Å²) in [6.45, 7) is 2.07. The van der Waals surface area contributed by atoms with Crippen LogP contribution in [0.4, 0.5) is 11.4 Å². The Kier molecular flexibility index (Phi) is 6.64. The summed E-state index contributed by atoms with van der Waals surface area (Å²) >= 11 is 1.64. The van der Waals surface area contributed by atoms with Gasteiger partial charge in [-0.05, 0) is 56.9 Å². The van der Waals surface area contributed by atoms with Gasteiger partial charge in [0.15, 0.2) is 0 Å². The largest absolute Gasteiger partial charge is 0.366 e. The number of hydrogen-bond donors (Lipinski definition) is 1. The van der Waals surface area contributed by atoms with Crippen molar-refractivity contribution < 1.29 is 9.72 Å². The number of nitrogens with one attached hydrogen (secondary N) is 1. The van der Waals surface area contributed by atoms with Crippen LogP contribution in [0.3, 0.4) is 0 Å². The van der Waals surface area contributed by atoms with Gasteiger partial charge in [0.25, 0.3) is 11.6 Å². The van der Waals surface area contributed by atoms with E-state index in [2.05, 4.69) is 5.32 Å². The predicted octanol–water partition coefficient (Wildman–Crippen LogP) is 3.68. The number of anilines is 1.